The number of alkyl halides is 3. The second-order valence-corrected chi connectivity index (χ2v) is 9.14. The predicted molar refractivity (Wildman–Crippen MR) is 131 cm³/mol. The van der Waals surface area contributed by atoms with Gasteiger partial charge in [0, 0.05) is 57.2 Å². The minimum Gasteiger partial charge on any atom is -0.344 e. The van der Waals surface area contributed by atoms with Crippen LogP contribution in [0.3, 0.4) is 0 Å². The Kier molecular flexibility index (Phi) is 7.86. The van der Waals surface area contributed by atoms with E-state index in [-0.39, 0.29) is 5.69 Å². The molecular weight excluding hydrogens is 477 g/mol. The lowest BCUT2D eigenvalue weighted by Crippen LogP contribution is -2.48. The number of amides is 2. The summed E-state index contributed by atoms with van der Waals surface area (Å²) in [5.41, 5.74) is 1.28. The summed E-state index contributed by atoms with van der Waals surface area (Å²) >= 11 is 1.41. The Morgan fingerprint density at radius 2 is 1.77 bits per heavy atom. The summed E-state index contributed by atoms with van der Waals surface area (Å²) in [5, 5.41) is 5.84. The molecule has 35 heavy (non-hydrogen) atoms. The Hall–Kier alpha value is -3.18. The second kappa shape index (κ2) is 11.0. The number of aromatic nitrogens is 2. The van der Waals surface area contributed by atoms with Crippen molar-refractivity contribution in [3.63, 3.8) is 0 Å². The van der Waals surface area contributed by atoms with Crippen molar-refractivity contribution in [2.45, 2.75) is 19.5 Å². The summed E-state index contributed by atoms with van der Waals surface area (Å²) in [6.07, 6.45) is -3.82. The number of nitrogens with one attached hydrogen (secondary N) is 2. The van der Waals surface area contributed by atoms with Crippen LogP contribution in [-0.2, 0) is 12.6 Å². The highest BCUT2D eigenvalue weighted by molar-refractivity contribution is 7.09. The summed E-state index contributed by atoms with van der Waals surface area (Å²) in [4.78, 5) is 21.2. The number of carbonyl (C=O) groups excluding carboxylic acids is 1. The lowest BCUT2D eigenvalue weighted by Gasteiger charge is -2.34. The smallest absolute Gasteiger partial charge is 0.344 e. The number of carbonyl (C=O) groups is 1. The maximum Gasteiger partial charge on any atom is 0.418 e. The number of hydrogen-bond acceptors (Lipinski definition) is 6. The van der Waals surface area contributed by atoms with E-state index in [0.717, 1.165) is 43.2 Å². The standard InChI is InChI=1S/C24H27F3N6OS/c1-17-6-8-18(9-7-17)16-21-30-23(35-31-21)33-14-12-32(13-15-33)11-10-28-22(34)29-20-5-3-2-4-19(20)24(25,26)27/h2-9H,10-16H2,1H3,(H2,28,29,34). The minimum atomic E-state index is -4.53. The first-order valence-corrected chi connectivity index (χ1v) is 12.1. The lowest BCUT2D eigenvalue weighted by atomic mass is 10.1. The van der Waals surface area contributed by atoms with E-state index in [1.54, 1.807) is 0 Å². The van der Waals surface area contributed by atoms with Gasteiger partial charge in [-0.2, -0.15) is 17.5 Å². The Morgan fingerprint density at radius 3 is 2.49 bits per heavy atom. The fourth-order valence-corrected chi connectivity index (χ4v) is 4.57. The molecule has 0 atom stereocenters. The zero-order valence-electron chi connectivity index (χ0n) is 19.3. The molecule has 2 N–H and O–H groups in total. The van der Waals surface area contributed by atoms with Gasteiger partial charge in [0.25, 0.3) is 0 Å². The summed E-state index contributed by atoms with van der Waals surface area (Å²) in [5.74, 6) is 0.818. The molecular formula is C24H27F3N6OS. The Labute approximate surface area is 206 Å². The largest absolute Gasteiger partial charge is 0.418 e. The van der Waals surface area contributed by atoms with Gasteiger partial charge in [-0.05, 0) is 24.6 Å². The molecule has 1 saturated heterocycles. The van der Waals surface area contributed by atoms with Crippen molar-refractivity contribution >= 4 is 28.4 Å². The van der Waals surface area contributed by atoms with Crippen molar-refractivity contribution in [3.8, 4) is 0 Å². The quantitative estimate of drug-likeness (QED) is 0.499. The molecule has 1 fully saturated rings. The average molecular weight is 505 g/mol. The summed E-state index contributed by atoms with van der Waals surface area (Å²) in [6, 6.07) is 12.6. The topological polar surface area (TPSA) is 73.4 Å². The molecule has 186 valence electrons. The van der Waals surface area contributed by atoms with Crippen molar-refractivity contribution in [1.29, 1.82) is 0 Å². The van der Waals surface area contributed by atoms with Crippen molar-refractivity contribution < 1.29 is 18.0 Å². The molecule has 2 amide bonds. The number of aryl methyl sites for hydroxylation is 1. The summed E-state index contributed by atoms with van der Waals surface area (Å²) < 4.78 is 43.7. The number of piperazine rings is 1. The zero-order chi connectivity index (χ0) is 24.8. The first kappa shape index (κ1) is 24.9. The average Bonchev–Trinajstić information content (AvgIpc) is 3.29. The molecule has 0 aliphatic carbocycles. The van der Waals surface area contributed by atoms with Gasteiger partial charge in [-0.15, -0.1) is 0 Å². The first-order chi connectivity index (χ1) is 16.8. The van der Waals surface area contributed by atoms with Crippen LogP contribution in [-0.4, -0.2) is 59.6 Å². The summed E-state index contributed by atoms with van der Waals surface area (Å²) in [7, 11) is 0. The van der Waals surface area contributed by atoms with Gasteiger partial charge >= 0.3 is 12.2 Å². The Balaban J connectivity index is 1.19. The van der Waals surface area contributed by atoms with Crippen LogP contribution in [0, 0.1) is 6.92 Å². The molecule has 11 heteroatoms. The number of rotatable bonds is 7. The van der Waals surface area contributed by atoms with Gasteiger partial charge < -0.3 is 15.5 Å². The Bertz CT molecular complexity index is 1130. The van der Waals surface area contributed by atoms with Crippen LogP contribution >= 0.6 is 11.5 Å². The van der Waals surface area contributed by atoms with E-state index >= 15 is 0 Å². The van der Waals surface area contributed by atoms with E-state index in [1.165, 1.54) is 40.9 Å². The van der Waals surface area contributed by atoms with E-state index in [9.17, 15) is 18.0 Å². The van der Waals surface area contributed by atoms with Gasteiger partial charge in [0.05, 0.1) is 11.3 Å². The highest BCUT2D eigenvalue weighted by Gasteiger charge is 2.33. The number of benzene rings is 2. The lowest BCUT2D eigenvalue weighted by molar-refractivity contribution is -0.136. The number of nitrogens with zero attached hydrogens (tertiary/aromatic N) is 4. The molecule has 0 radical (unpaired) electrons. The zero-order valence-corrected chi connectivity index (χ0v) is 20.1. The van der Waals surface area contributed by atoms with E-state index in [2.05, 4.69) is 56.0 Å². The van der Waals surface area contributed by atoms with Gasteiger partial charge in [0.2, 0.25) is 5.13 Å². The molecule has 2 heterocycles. The highest BCUT2D eigenvalue weighted by atomic mass is 32.1. The van der Waals surface area contributed by atoms with Crippen molar-refractivity contribution in [2.75, 3.05) is 49.5 Å². The fraction of sp³-hybridized carbons (Fsp3) is 0.375. The number of urea groups is 1. The van der Waals surface area contributed by atoms with Crippen LogP contribution in [0.15, 0.2) is 48.5 Å². The third kappa shape index (κ3) is 6.92. The third-order valence-corrected chi connectivity index (χ3v) is 6.59. The fourth-order valence-electron chi connectivity index (χ4n) is 3.83. The van der Waals surface area contributed by atoms with Gasteiger partial charge in [0.15, 0.2) is 0 Å². The van der Waals surface area contributed by atoms with Crippen molar-refractivity contribution in [2.24, 2.45) is 0 Å². The maximum atomic E-state index is 13.1. The van der Waals surface area contributed by atoms with E-state index < -0.39 is 17.8 Å². The van der Waals surface area contributed by atoms with Crippen molar-refractivity contribution in [3.05, 3.63) is 71.0 Å². The van der Waals surface area contributed by atoms with Crippen molar-refractivity contribution in [1.82, 2.24) is 19.6 Å². The third-order valence-electron chi connectivity index (χ3n) is 5.78. The van der Waals surface area contributed by atoms with Gasteiger partial charge in [0.1, 0.15) is 5.82 Å². The van der Waals surface area contributed by atoms with Gasteiger partial charge in [-0.25, -0.2) is 9.78 Å². The number of halogens is 3. The van der Waals surface area contributed by atoms with Gasteiger partial charge in [-0.3, -0.25) is 4.90 Å². The molecule has 4 rings (SSSR count). The van der Waals surface area contributed by atoms with E-state index in [1.807, 2.05) is 0 Å². The monoisotopic (exact) mass is 504 g/mol. The molecule has 0 unspecified atom stereocenters. The molecule has 0 saturated carbocycles. The normalized spacial score (nSPS) is 14.7. The number of anilines is 2. The van der Waals surface area contributed by atoms with E-state index in [0.29, 0.717) is 19.5 Å². The molecule has 1 aromatic heterocycles. The summed E-state index contributed by atoms with van der Waals surface area (Å²) in [6.45, 7) is 6.19. The van der Waals surface area contributed by atoms with Crippen LogP contribution in [0.5, 0.6) is 0 Å². The molecule has 7 nitrogen and oxygen atoms in total. The van der Waals surface area contributed by atoms with E-state index in [4.69, 9.17) is 4.98 Å². The molecule has 1 aliphatic rings. The van der Waals surface area contributed by atoms with Gasteiger partial charge in [-0.1, -0.05) is 42.0 Å². The van der Waals surface area contributed by atoms with Crippen LogP contribution in [0.2, 0.25) is 0 Å². The predicted octanol–water partition coefficient (Wildman–Crippen LogP) is 4.40. The first-order valence-electron chi connectivity index (χ1n) is 11.3. The Morgan fingerprint density at radius 1 is 1.06 bits per heavy atom. The maximum absolute atomic E-state index is 13.1. The molecule has 0 spiro atoms. The highest BCUT2D eigenvalue weighted by Crippen LogP contribution is 2.34. The minimum absolute atomic E-state index is 0.259. The molecule has 3 aromatic rings. The van der Waals surface area contributed by atoms with Crippen LogP contribution in [0.4, 0.5) is 28.8 Å². The SMILES string of the molecule is Cc1ccc(Cc2nsc(N3CCN(CCNC(=O)Nc4ccccc4C(F)(F)F)CC3)n2)cc1. The second-order valence-electron chi connectivity index (χ2n) is 8.41. The molecule has 0 bridgehead atoms. The van der Waals surface area contributed by atoms with Crippen LogP contribution in [0.1, 0.15) is 22.5 Å². The molecule has 1 aliphatic heterocycles. The van der Waals surface area contributed by atoms with Crippen LogP contribution < -0.4 is 15.5 Å². The molecule has 2 aromatic carbocycles. The number of para-hydroxylation sites is 1. The van der Waals surface area contributed by atoms with Crippen LogP contribution in [0.25, 0.3) is 0 Å². The number of hydrogen-bond donors (Lipinski definition) is 2.